The lowest BCUT2D eigenvalue weighted by Crippen LogP contribution is -2.26. The molecule has 44 valence electrons. The third kappa shape index (κ3) is 0.333. The van der Waals surface area contributed by atoms with Gasteiger partial charge >= 0.3 is 0 Å². The molecule has 0 aromatic heterocycles. The second kappa shape index (κ2) is 1.11. The number of hydrogen-bond acceptors (Lipinski definition) is 1. The molecule has 0 aromatic rings. The number of rotatable bonds is 0. The average molecular weight is 126 g/mol. The van der Waals surface area contributed by atoms with Crippen molar-refractivity contribution in [3.05, 3.63) is 0 Å². The Labute approximate surface area is 54.0 Å². The molecular weight excluding hydrogens is 116 g/mol. The van der Waals surface area contributed by atoms with Crippen LogP contribution in [0, 0.1) is 11.8 Å². The minimum absolute atomic E-state index is 1.14. The normalized spacial score (nSPS) is 66.0. The third-order valence-corrected chi connectivity index (χ3v) is 4.77. The second-order valence-electron chi connectivity index (χ2n) is 3.35. The van der Waals surface area contributed by atoms with Crippen molar-refractivity contribution in [1.82, 2.24) is 0 Å². The van der Waals surface area contributed by atoms with E-state index in [0.717, 1.165) is 10.5 Å². The van der Waals surface area contributed by atoms with E-state index in [0.29, 0.717) is 0 Å². The minimum Gasteiger partial charge on any atom is -0.155 e. The standard InChI is InChI=1S/C7H10S/c1-2-6-4(1)5-3-7(5)8-6/h4-7H,1-3H2. The Bertz CT molecular complexity index is 128. The largest absolute Gasteiger partial charge is 0.155 e. The van der Waals surface area contributed by atoms with Gasteiger partial charge in [0.15, 0.2) is 0 Å². The predicted octanol–water partition coefficient (Wildman–Crippen LogP) is 1.90. The molecule has 1 heterocycles. The Morgan fingerprint density at radius 1 is 1.00 bits per heavy atom. The van der Waals surface area contributed by atoms with Crippen LogP contribution in [-0.4, -0.2) is 10.5 Å². The highest BCUT2D eigenvalue weighted by Crippen LogP contribution is 2.65. The van der Waals surface area contributed by atoms with Crippen LogP contribution >= 0.6 is 11.8 Å². The molecule has 0 aromatic carbocycles. The number of thioether (sulfide) groups is 1. The molecule has 0 bridgehead atoms. The number of hydrogen-bond donors (Lipinski definition) is 0. The quantitative estimate of drug-likeness (QED) is 0.477. The SMILES string of the molecule is C1CC2C1SC1CC12. The van der Waals surface area contributed by atoms with Gasteiger partial charge in [0.1, 0.15) is 0 Å². The lowest BCUT2D eigenvalue weighted by molar-refractivity contribution is 0.306. The third-order valence-electron chi connectivity index (χ3n) is 2.94. The van der Waals surface area contributed by atoms with Gasteiger partial charge in [0.2, 0.25) is 0 Å². The van der Waals surface area contributed by atoms with Crippen LogP contribution in [0.15, 0.2) is 0 Å². The summed E-state index contributed by atoms with van der Waals surface area (Å²) in [6.07, 6.45) is 4.69. The van der Waals surface area contributed by atoms with Gasteiger partial charge in [-0.05, 0) is 31.1 Å². The Hall–Kier alpha value is 0.350. The second-order valence-corrected chi connectivity index (χ2v) is 4.84. The monoisotopic (exact) mass is 126 g/mol. The lowest BCUT2D eigenvalue weighted by Gasteiger charge is -2.31. The van der Waals surface area contributed by atoms with Crippen molar-refractivity contribution in [2.75, 3.05) is 0 Å². The molecule has 1 aliphatic heterocycles. The Morgan fingerprint density at radius 2 is 2.00 bits per heavy atom. The summed E-state index contributed by atoms with van der Waals surface area (Å²) < 4.78 is 0. The van der Waals surface area contributed by atoms with Crippen LogP contribution in [0.25, 0.3) is 0 Å². The van der Waals surface area contributed by atoms with Crippen molar-refractivity contribution in [1.29, 1.82) is 0 Å². The maximum absolute atomic E-state index is 2.29. The van der Waals surface area contributed by atoms with Gasteiger partial charge in [0.05, 0.1) is 0 Å². The van der Waals surface area contributed by atoms with Crippen LogP contribution in [0.4, 0.5) is 0 Å². The molecule has 0 nitrogen and oxygen atoms in total. The van der Waals surface area contributed by atoms with Crippen LogP contribution in [0.3, 0.4) is 0 Å². The molecule has 4 unspecified atom stereocenters. The molecule has 8 heavy (non-hydrogen) atoms. The van der Waals surface area contributed by atoms with E-state index >= 15 is 0 Å². The summed E-state index contributed by atoms with van der Waals surface area (Å²) in [5.74, 6) is 2.41. The molecule has 1 saturated heterocycles. The molecule has 4 atom stereocenters. The van der Waals surface area contributed by atoms with Gasteiger partial charge in [-0.25, -0.2) is 0 Å². The van der Waals surface area contributed by atoms with Gasteiger partial charge in [0.25, 0.3) is 0 Å². The van der Waals surface area contributed by atoms with Gasteiger partial charge in [-0.1, -0.05) is 0 Å². The van der Waals surface area contributed by atoms with E-state index in [4.69, 9.17) is 0 Å². The zero-order valence-electron chi connectivity index (χ0n) is 4.84. The molecule has 1 heteroatoms. The highest BCUT2D eigenvalue weighted by molar-refractivity contribution is 8.01. The van der Waals surface area contributed by atoms with E-state index in [1.54, 1.807) is 19.3 Å². The van der Waals surface area contributed by atoms with E-state index in [9.17, 15) is 0 Å². The molecule has 2 aliphatic carbocycles. The first-order valence-electron chi connectivity index (χ1n) is 3.60. The summed E-state index contributed by atoms with van der Waals surface area (Å²) in [4.78, 5) is 0. The van der Waals surface area contributed by atoms with Crippen molar-refractivity contribution in [2.24, 2.45) is 11.8 Å². The fourth-order valence-electron chi connectivity index (χ4n) is 2.18. The molecule has 3 fully saturated rings. The summed E-state index contributed by atoms with van der Waals surface area (Å²) in [6, 6.07) is 0. The zero-order valence-corrected chi connectivity index (χ0v) is 5.66. The van der Waals surface area contributed by atoms with E-state index in [2.05, 4.69) is 11.8 Å². The Balaban J connectivity index is 1.92. The van der Waals surface area contributed by atoms with Crippen LogP contribution in [0.2, 0.25) is 0 Å². The Kier molecular flexibility index (Phi) is 0.584. The first-order chi connectivity index (χ1) is 3.95. The highest BCUT2D eigenvalue weighted by Gasteiger charge is 2.57. The smallest absolute Gasteiger partial charge is 0.00847 e. The summed E-state index contributed by atoms with van der Waals surface area (Å²) in [7, 11) is 0. The van der Waals surface area contributed by atoms with Crippen molar-refractivity contribution in [3.63, 3.8) is 0 Å². The molecular formula is C7H10S. The molecule has 0 radical (unpaired) electrons. The summed E-state index contributed by atoms with van der Waals surface area (Å²) in [5.41, 5.74) is 0. The maximum Gasteiger partial charge on any atom is 0.00847 e. The summed E-state index contributed by atoms with van der Waals surface area (Å²) >= 11 is 2.29. The van der Waals surface area contributed by atoms with Gasteiger partial charge in [-0.15, -0.1) is 0 Å². The average Bonchev–Trinajstić information content (AvgIpc) is 2.34. The van der Waals surface area contributed by atoms with Gasteiger partial charge in [-0.3, -0.25) is 0 Å². The first-order valence-corrected chi connectivity index (χ1v) is 4.55. The lowest BCUT2D eigenvalue weighted by atomic mass is 9.81. The summed E-state index contributed by atoms with van der Waals surface area (Å²) in [5, 5.41) is 2.28. The molecule has 0 amide bonds. The maximum atomic E-state index is 2.29. The Morgan fingerprint density at radius 3 is 2.38 bits per heavy atom. The van der Waals surface area contributed by atoms with E-state index < -0.39 is 0 Å². The van der Waals surface area contributed by atoms with E-state index in [1.807, 2.05) is 0 Å². The molecule has 0 N–H and O–H groups in total. The molecule has 3 rings (SSSR count). The fraction of sp³-hybridized carbons (Fsp3) is 1.00. The molecule has 2 saturated carbocycles. The van der Waals surface area contributed by atoms with Crippen LogP contribution in [0.1, 0.15) is 19.3 Å². The van der Waals surface area contributed by atoms with Crippen LogP contribution in [-0.2, 0) is 0 Å². The van der Waals surface area contributed by atoms with Crippen LogP contribution < -0.4 is 0 Å². The number of fused-ring (bicyclic) bond motifs is 3. The van der Waals surface area contributed by atoms with Gasteiger partial charge < -0.3 is 0 Å². The van der Waals surface area contributed by atoms with Crippen LogP contribution in [0.5, 0.6) is 0 Å². The van der Waals surface area contributed by atoms with E-state index in [1.165, 1.54) is 11.8 Å². The molecule has 0 spiro atoms. The topological polar surface area (TPSA) is 0 Å². The first kappa shape index (κ1) is 4.21. The van der Waals surface area contributed by atoms with Gasteiger partial charge in [-0.2, -0.15) is 11.8 Å². The van der Waals surface area contributed by atoms with Crippen molar-refractivity contribution in [2.45, 2.75) is 29.8 Å². The zero-order chi connectivity index (χ0) is 5.14. The minimum atomic E-state index is 1.14. The highest BCUT2D eigenvalue weighted by atomic mass is 32.2. The summed E-state index contributed by atoms with van der Waals surface area (Å²) in [6.45, 7) is 0. The molecule has 3 aliphatic rings. The van der Waals surface area contributed by atoms with Gasteiger partial charge in [0, 0.05) is 10.5 Å². The predicted molar refractivity (Wildman–Crippen MR) is 36.0 cm³/mol. The van der Waals surface area contributed by atoms with Crippen molar-refractivity contribution < 1.29 is 0 Å². The van der Waals surface area contributed by atoms with E-state index in [-0.39, 0.29) is 0 Å². The van der Waals surface area contributed by atoms with Crippen molar-refractivity contribution in [3.8, 4) is 0 Å². The van der Waals surface area contributed by atoms with Crippen molar-refractivity contribution >= 4 is 11.8 Å². The fourth-order valence-corrected chi connectivity index (χ4v) is 4.17.